The number of alkyl halides is 1. The van der Waals surface area contributed by atoms with E-state index in [1.54, 1.807) is 6.92 Å². The molecule has 0 radical (unpaired) electrons. The second kappa shape index (κ2) is 6.04. The number of hydrogen-bond acceptors (Lipinski definition) is 2. The Morgan fingerprint density at radius 2 is 2.12 bits per heavy atom. The molecule has 0 aliphatic carbocycles. The zero-order valence-corrected chi connectivity index (χ0v) is 11.5. The number of aryl methyl sites for hydroxylation is 1. The first-order valence-electron chi connectivity index (χ1n) is 5.50. The molecule has 1 aromatic carbocycles. The number of carbonyl (C=O) groups is 1. The van der Waals surface area contributed by atoms with Crippen LogP contribution in [0.1, 0.15) is 36.7 Å². The second-order valence-corrected chi connectivity index (χ2v) is 4.50. The maximum Gasteiger partial charge on any atom is 0.147 e. The Morgan fingerprint density at radius 1 is 1.44 bits per heavy atom. The molecule has 1 aromatic rings. The molecule has 0 heterocycles. The standard InChI is InChI=1S/C13H17BrO2/c1-4-10-7-6-8-11(16-5-2)12(10)13(14)9(3)15/h6-8,13H,4-5H2,1-3H3. The van der Waals surface area contributed by atoms with Crippen LogP contribution >= 0.6 is 15.9 Å². The minimum atomic E-state index is -0.273. The van der Waals surface area contributed by atoms with E-state index in [1.165, 1.54) is 0 Å². The lowest BCUT2D eigenvalue weighted by Gasteiger charge is -2.17. The van der Waals surface area contributed by atoms with Crippen molar-refractivity contribution < 1.29 is 9.53 Å². The van der Waals surface area contributed by atoms with E-state index in [1.807, 2.05) is 25.1 Å². The zero-order valence-electron chi connectivity index (χ0n) is 9.92. The van der Waals surface area contributed by atoms with Gasteiger partial charge in [-0.3, -0.25) is 4.79 Å². The highest BCUT2D eigenvalue weighted by molar-refractivity contribution is 9.09. The van der Waals surface area contributed by atoms with E-state index >= 15 is 0 Å². The molecular weight excluding hydrogens is 268 g/mol. The number of carbonyl (C=O) groups excluding carboxylic acids is 1. The number of rotatable bonds is 5. The first-order chi connectivity index (χ1) is 7.61. The molecule has 2 nitrogen and oxygen atoms in total. The highest BCUT2D eigenvalue weighted by atomic mass is 79.9. The number of hydrogen-bond donors (Lipinski definition) is 0. The Kier molecular flexibility index (Phi) is 5.00. The average molecular weight is 285 g/mol. The lowest BCUT2D eigenvalue weighted by molar-refractivity contribution is -0.116. The Hall–Kier alpha value is -0.830. The molecule has 1 unspecified atom stereocenters. The number of Topliss-reactive ketones (excluding diaryl/α,β-unsaturated/α-hetero) is 1. The molecule has 16 heavy (non-hydrogen) atoms. The maximum absolute atomic E-state index is 11.5. The molecule has 0 aliphatic rings. The molecule has 0 aromatic heterocycles. The molecule has 0 saturated heterocycles. The molecule has 0 amide bonds. The van der Waals surface area contributed by atoms with Crippen LogP contribution in [-0.4, -0.2) is 12.4 Å². The van der Waals surface area contributed by atoms with Crippen molar-refractivity contribution in [3.8, 4) is 5.75 Å². The smallest absolute Gasteiger partial charge is 0.147 e. The molecule has 0 saturated carbocycles. The van der Waals surface area contributed by atoms with Gasteiger partial charge in [-0.25, -0.2) is 0 Å². The van der Waals surface area contributed by atoms with Gasteiger partial charge in [0.05, 0.1) is 6.61 Å². The summed E-state index contributed by atoms with van der Waals surface area (Å²) in [5.74, 6) is 0.903. The first kappa shape index (κ1) is 13.2. The summed E-state index contributed by atoms with van der Waals surface area (Å²) in [6.45, 7) is 6.22. The van der Waals surface area contributed by atoms with E-state index in [4.69, 9.17) is 4.74 Å². The molecule has 1 rings (SSSR count). The Bertz CT molecular complexity index is 374. The van der Waals surface area contributed by atoms with Crippen molar-refractivity contribution in [3.63, 3.8) is 0 Å². The van der Waals surface area contributed by atoms with Gasteiger partial charge in [0.2, 0.25) is 0 Å². The van der Waals surface area contributed by atoms with Crippen LogP contribution in [0.25, 0.3) is 0 Å². The van der Waals surface area contributed by atoms with Crippen LogP contribution in [0.15, 0.2) is 18.2 Å². The highest BCUT2D eigenvalue weighted by Gasteiger charge is 2.20. The van der Waals surface area contributed by atoms with Gasteiger partial charge in [-0.15, -0.1) is 0 Å². The minimum absolute atomic E-state index is 0.0989. The van der Waals surface area contributed by atoms with Gasteiger partial charge in [0.25, 0.3) is 0 Å². The van der Waals surface area contributed by atoms with Crippen molar-refractivity contribution in [2.75, 3.05) is 6.61 Å². The Balaban J connectivity index is 3.23. The van der Waals surface area contributed by atoms with E-state index in [-0.39, 0.29) is 10.6 Å². The quantitative estimate of drug-likeness (QED) is 0.771. The Morgan fingerprint density at radius 3 is 2.62 bits per heavy atom. The van der Waals surface area contributed by atoms with Gasteiger partial charge in [0, 0.05) is 5.56 Å². The fraction of sp³-hybridized carbons (Fsp3) is 0.462. The Labute approximate surface area is 105 Å². The third-order valence-corrected chi connectivity index (χ3v) is 3.55. The topological polar surface area (TPSA) is 26.3 Å². The van der Waals surface area contributed by atoms with Crippen LogP contribution in [0.4, 0.5) is 0 Å². The lowest BCUT2D eigenvalue weighted by atomic mass is 9.99. The summed E-state index contributed by atoms with van der Waals surface area (Å²) in [5.41, 5.74) is 2.13. The third kappa shape index (κ3) is 2.85. The van der Waals surface area contributed by atoms with Gasteiger partial charge in [-0.2, -0.15) is 0 Å². The van der Waals surface area contributed by atoms with E-state index in [0.717, 1.165) is 23.3 Å². The van der Waals surface area contributed by atoms with Gasteiger partial charge in [0.1, 0.15) is 16.4 Å². The molecule has 0 fully saturated rings. The largest absolute Gasteiger partial charge is 0.494 e. The summed E-state index contributed by atoms with van der Waals surface area (Å²) in [7, 11) is 0. The van der Waals surface area contributed by atoms with Crippen molar-refractivity contribution in [2.45, 2.75) is 32.0 Å². The van der Waals surface area contributed by atoms with Crippen molar-refractivity contribution in [3.05, 3.63) is 29.3 Å². The van der Waals surface area contributed by atoms with Crippen LogP contribution < -0.4 is 4.74 Å². The molecule has 88 valence electrons. The molecule has 0 N–H and O–H groups in total. The van der Waals surface area contributed by atoms with Gasteiger partial charge < -0.3 is 4.74 Å². The summed E-state index contributed by atoms with van der Waals surface area (Å²) in [6, 6.07) is 5.91. The number of halogens is 1. The highest BCUT2D eigenvalue weighted by Crippen LogP contribution is 2.35. The summed E-state index contributed by atoms with van der Waals surface area (Å²) in [6.07, 6.45) is 0.894. The average Bonchev–Trinajstić information content (AvgIpc) is 2.28. The first-order valence-corrected chi connectivity index (χ1v) is 6.42. The summed E-state index contributed by atoms with van der Waals surface area (Å²) in [5, 5.41) is 0. The lowest BCUT2D eigenvalue weighted by Crippen LogP contribution is -2.08. The van der Waals surface area contributed by atoms with Crippen molar-refractivity contribution in [2.24, 2.45) is 0 Å². The van der Waals surface area contributed by atoms with Crippen molar-refractivity contribution >= 4 is 21.7 Å². The predicted molar refractivity (Wildman–Crippen MR) is 69.3 cm³/mol. The summed E-state index contributed by atoms with van der Waals surface area (Å²) in [4.78, 5) is 11.2. The number of ether oxygens (including phenoxy) is 1. The molecule has 0 spiro atoms. The molecule has 1 atom stereocenters. The van der Waals surface area contributed by atoms with Gasteiger partial charge in [0.15, 0.2) is 0 Å². The SMILES string of the molecule is CCOc1cccc(CC)c1C(Br)C(C)=O. The molecule has 3 heteroatoms. The molecular formula is C13H17BrO2. The molecule has 0 bridgehead atoms. The van der Waals surface area contributed by atoms with Gasteiger partial charge in [-0.05, 0) is 31.9 Å². The fourth-order valence-electron chi connectivity index (χ4n) is 1.67. The van der Waals surface area contributed by atoms with Gasteiger partial charge >= 0.3 is 0 Å². The minimum Gasteiger partial charge on any atom is -0.494 e. The normalized spacial score (nSPS) is 12.2. The van der Waals surface area contributed by atoms with Crippen LogP contribution in [-0.2, 0) is 11.2 Å². The fourth-order valence-corrected chi connectivity index (χ4v) is 2.19. The second-order valence-electron chi connectivity index (χ2n) is 3.59. The maximum atomic E-state index is 11.5. The summed E-state index contributed by atoms with van der Waals surface area (Å²) >= 11 is 3.43. The van der Waals surface area contributed by atoms with Crippen LogP contribution in [0.3, 0.4) is 0 Å². The zero-order chi connectivity index (χ0) is 12.1. The van der Waals surface area contributed by atoms with Crippen molar-refractivity contribution in [1.29, 1.82) is 0 Å². The van der Waals surface area contributed by atoms with Crippen molar-refractivity contribution in [1.82, 2.24) is 0 Å². The predicted octanol–water partition coefficient (Wildman–Crippen LogP) is 3.67. The third-order valence-electron chi connectivity index (χ3n) is 2.45. The van der Waals surface area contributed by atoms with E-state index in [9.17, 15) is 4.79 Å². The number of benzene rings is 1. The monoisotopic (exact) mass is 284 g/mol. The van der Waals surface area contributed by atoms with Gasteiger partial charge in [-0.1, -0.05) is 35.0 Å². The molecule has 0 aliphatic heterocycles. The van der Waals surface area contributed by atoms with Crippen LogP contribution in [0.5, 0.6) is 5.75 Å². The van der Waals surface area contributed by atoms with E-state index in [0.29, 0.717) is 6.61 Å². The number of ketones is 1. The van der Waals surface area contributed by atoms with E-state index in [2.05, 4.69) is 22.9 Å². The van der Waals surface area contributed by atoms with Crippen LogP contribution in [0, 0.1) is 0 Å². The van der Waals surface area contributed by atoms with E-state index < -0.39 is 0 Å². The van der Waals surface area contributed by atoms with Crippen LogP contribution in [0.2, 0.25) is 0 Å². The summed E-state index contributed by atoms with van der Waals surface area (Å²) < 4.78 is 5.57.